The first-order valence-electron chi connectivity index (χ1n) is 8.00. The number of carbonyl (C=O) groups excluding carboxylic acids is 2. The molecule has 1 N–H and O–H groups in total. The molecule has 1 atom stereocenters. The lowest BCUT2D eigenvalue weighted by atomic mass is 10.2. The third-order valence-electron chi connectivity index (χ3n) is 4.15. The molecular weight excluding hydrogens is 328 g/mol. The van der Waals surface area contributed by atoms with E-state index in [-0.39, 0.29) is 23.8 Å². The molecule has 0 unspecified atom stereocenters. The van der Waals surface area contributed by atoms with Crippen molar-refractivity contribution >= 4 is 23.2 Å². The van der Waals surface area contributed by atoms with Crippen molar-refractivity contribution in [3.63, 3.8) is 0 Å². The number of carbonyl (C=O) groups is 2. The largest absolute Gasteiger partial charge is 0.378 e. The first-order chi connectivity index (χ1) is 11.9. The summed E-state index contributed by atoms with van der Waals surface area (Å²) < 4.78 is 5.21. The number of rotatable bonds is 6. The number of ether oxygens (including phenoxy) is 1. The molecule has 0 radical (unpaired) electrons. The third kappa shape index (κ3) is 4.97. The molecule has 1 aromatic rings. The van der Waals surface area contributed by atoms with Crippen LogP contribution in [0, 0.1) is 10.1 Å². The van der Waals surface area contributed by atoms with Crippen molar-refractivity contribution in [3.8, 4) is 0 Å². The molecule has 0 aromatic heterocycles. The molecule has 9 nitrogen and oxygen atoms in total. The van der Waals surface area contributed by atoms with E-state index in [1.165, 1.54) is 18.2 Å². The van der Waals surface area contributed by atoms with Crippen LogP contribution in [-0.2, 0) is 14.3 Å². The summed E-state index contributed by atoms with van der Waals surface area (Å²) in [4.78, 5) is 38.4. The van der Waals surface area contributed by atoms with Crippen LogP contribution >= 0.6 is 0 Å². The predicted molar refractivity (Wildman–Crippen MR) is 91.2 cm³/mol. The first kappa shape index (κ1) is 18.8. The van der Waals surface area contributed by atoms with E-state index in [0.717, 1.165) is 0 Å². The van der Waals surface area contributed by atoms with Crippen LogP contribution < -0.4 is 5.32 Å². The summed E-state index contributed by atoms with van der Waals surface area (Å²) in [5, 5.41) is 13.6. The van der Waals surface area contributed by atoms with E-state index < -0.39 is 16.9 Å². The van der Waals surface area contributed by atoms with Crippen molar-refractivity contribution in [3.05, 3.63) is 34.4 Å². The summed E-state index contributed by atoms with van der Waals surface area (Å²) in [6.07, 6.45) is 0. The van der Waals surface area contributed by atoms with Gasteiger partial charge in [-0.15, -0.1) is 0 Å². The Balaban J connectivity index is 1.94. The van der Waals surface area contributed by atoms with Gasteiger partial charge in [0.2, 0.25) is 11.8 Å². The number of likely N-dealkylation sites (N-methyl/N-ethyl adjacent to an activating group) is 1. The van der Waals surface area contributed by atoms with E-state index in [1.807, 2.05) is 0 Å². The molecule has 25 heavy (non-hydrogen) atoms. The predicted octanol–water partition coefficient (Wildman–Crippen LogP) is 0.712. The van der Waals surface area contributed by atoms with Crippen LogP contribution in [0.4, 0.5) is 11.4 Å². The van der Waals surface area contributed by atoms with Gasteiger partial charge >= 0.3 is 0 Å². The minimum Gasteiger partial charge on any atom is -0.378 e. The van der Waals surface area contributed by atoms with Crippen molar-refractivity contribution in [2.24, 2.45) is 0 Å². The number of nitro groups is 1. The molecule has 2 rings (SSSR count). The highest BCUT2D eigenvalue weighted by Crippen LogP contribution is 2.23. The zero-order valence-electron chi connectivity index (χ0n) is 14.3. The standard InChI is InChI=1S/C16H22N4O5/c1-12(18(2)11-15(21)19-7-9-25-10-8-19)16(22)17-13-5-3-4-6-14(13)20(23)24/h3-6,12H,7-11H2,1-2H3,(H,17,22)/t12-/m0/s1. The summed E-state index contributed by atoms with van der Waals surface area (Å²) in [5.74, 6) is -0.484. The molecule has 1 aliphatic rings. The van der Waals surface area contributed by atoms with Gasteiger partial charge in [-0.25, -0.2) is 0 Å². The molecule has 0 saturated carbocycles. The number of nitrogens with zero attached hydrogens (tertiary/aromatic N) is 3. The topological polar surface area (TPSA) is 105 Å². The Hall–Kier alpha value is -2.52. The lowest BCUT2D eigenvalue weighted by Gasteiger charge is -2.30. The zero-order chi connectivity index (χ0) is 18.4. The number of hydrogen-bond acceptors (Lipinski definition) is 6. The van der Waals surface area contributed by atoms with Gasteiger partial charge in [-0.1, -0.05) is 12.1 Å². The van der Waals surface area contributed by atoms with Gasteiger partial charge in [-0.05, 0) is 20.0 Å². The maximum Gasteiger partial charge on any atom is 0.292 e. The molecule has 136 valence electrons. The monoisotopic (exact) mass is 350 g/mol. The number of benzene rings is 1. The molecule has 9 heteroatoms. The van der Waals surface area contributed by atoms with Gasteiger partial charge in [0.25, 0.3) is 5.69 Å². The zero-order valence-corrected chi connectivity index (χ0v) is 14.3. The van der Waals surface area contributed by atoms with Crippen molar-refractivity contribution in [1.82, 2.24) is 9.80 Å². The second-order valence-corrected chi connectivity index (χ2v) is 5.85. The molecule has 0 spiro atoms. The summed E-state index contributed by atoms with van der Waals surface area (Å²) in [6.45, 7) is 3.86. The molecule has 1 fully saturated rings. The van der Waals surface area contributed by atoms with E-state index in [2.05, 4.69) is 5.32 Å². The summed E-state index contributed by atoms with van der Waals surface area (Å²) in [7, 11) is 1.67. The van der Waals surface area contributed by atoms with Crippen LogP contribution in [0.5, 0.6) is 0 Å². The number of anilines is 1. The van der Waals surface area contributed by atoms with Gasteiger partial charge in [0.15, 0.2) is 0 Å². The Labute approximate surface area is 145 Å². The summed E-state index contributed by atoms with van der Waals surface area (Å²) in [5.41, 5.74) is -0.0349. The van der Waals surface area contributed by atoms with Crippen molar-refractivity contribution in [2.45, 2.75) is 13.0 Å². The molecule has 1 aliphatic heterocycles. The van der Waals surface area contributed by atoms with Crippen LogP contribution in [0.25, 0.3) is 0 Å². The number of morpholine rings is 1. The van der Waals surface area contributed by atoms with Crippen LogP contribution in [-0.4, -0.2) is 72.5 Å². The molecular formula is C16H22N4O5. The fourth-order valence-corrected chi connectivity index (χ4v) is 2.44. The molecule has 2 amide bonds. The maximum atomic E-state index is 12.4. The van der Waals surface area contributed by atoms with Gasteiger partial charge in [0, 0.05) is 19.2 Å². The number of nitro benzene ring substituents is 1. The Morgan fingerprint density at radius 1 is 1.36 bits per heavy atom. The minimum atomic E-state index is -0.621. The average Bonchev–Trinajstić information content (AvgIpc) is 2.61. The van der Waals surface area contributed by atoms with E-state index >= 15 is 0 Å². The van der Waals surface area contributed by atoms with Gasteiger partial charge in [-0.3, -0.25) is 24.6 Å². The highest BCUT2D eigenvalue weighted by molar-refractivity contribution is 5.96. The molecule has 1 aromatic carbocycles. The highest BCUT2D eigenvalue weighted by atomic mass is 16.6. The van der Waals surface area contributed by atoms with E-state index in [4.69, 9.17) is 4.74 Å². The fourth-order valence-electron chi connectivity index (χ4n) is 2.44. The number of para-hydroxylation sites is 2. The Kier molecular flexibility index (Phi) is 6.43. The lowest BCUT2D eigenvalue weighted by molar-refractivity contribution is -0.383. The van der Waals surface area contributed by atoms with Gasteiger partial charge in [0.1, 0.15) is 5.69 Å². The van der Waals surface area contributed by atoms with Crippen molar-refractivity contribution in [2.75, 3.05) is 45.2 Å². The Morgan fingerprint density at radius 2 is 2.00 bits per heavy atom. The minimum absolute atomic E-state index is 0.0730. The fraction of sp³-hybridized carbons (Fsp3) is 0.500. The average molecular weight is 350 g/mol. The van der Waals surface area contributed by atoms with Gasteiger partial charge < -0.3 is 15.0 Å². The summed E-state index contributed by atoms with van der Waals surface area (Å²) in [6, 6.07) is 5.32. The van der Waals surface area contributed by atoms with Gasteiger partial charge in [-0.2, -0.15) is 0 Å². The van der Waals surface area contributed by atoms with Crippen LogP contribution in [0.1, 0.15) is 6.92 Å². The number of amides is 2. The smallest absolute Gasteiger partial charge is 0.292 e. The number of nitrogens with one attached hydrogen (secondary N) is 1. The second-order valence-electron chi connectivity index (χ2n) is 5.85. The van der Waals surface area contributed by atoms with Crippen LogP contribution in [0.2, 0.25) is 0 Å². The maximum absolute atomic E-state index is 12.4. The summed E-state index contributed by atoms with van der Waals surface area (Å²) >= 11 is 0. The Morgan fingerprint density at radius 3 is 2.64 bits per heavy atom. The molecule has 0 bridgehead atoms. The number of hydrogen-bond donors (Lipinski definition) is 1. The van der Waals surface area contributed by atoms with Crippen LogP contribution in [0.15, 0.2) is 24.3 Å². The van der Waals surface area contributed by atoms with E-state index in [1.54, 1.807) is 29.8 Å². The third-order valence-corrected chi connectivity index (χ3v) is 4.15. The normalized spacial score (nSPS) is 15.7. The molecule has 1 saturated heterocycles. The molecule has 1 heterocycles. The molecule has 0 aliphatic carbocycles. The highest BCUT2D eigenvalue weighted by Gasteiger charge is 2.25. The van der Waals surface area contributed by atoms with Crippen molar-refractivity contribution < 1.29 is 19.2 Å². The SMILES string of the molecule is C[C@@H](C(=O)Nc1ccccc1[N+](=O)[O-])N(C)CC(=O)N1CCOCC1. The Bertz CT molecular complexity index is 645. The second kappa shape index (κ2) is 8.54. The lowest BCUT2D eigenvalue weighted by Crippen LogP contribution is -2.48. The van der Waals surface area contributed by atoms with Gasteiger partial charge in [0.05, 0.1) is 30.7 Å². The van der Waals surface area contributed by atoms with Crippen LogP contribution in [0.3, 0.4) is 0 Å². The first-order valence-corrected chi connectivity index (χ1v) is 8.00. The van der Waals surface area contributed by atoms with Crippen molar-refractivity contribution in [1.29, 1.82) is 0 Å². The van der Waals surface area contributed by atoms with E-state index in [9.17, 15) is 19.7 Å². The quantitative estimate of drug-likeness (QED) is 0.598. The van der Waals surface area contributed by atoms with E-state index in [0.29, 0.717) is 26.3 Å².